The molecule has 10 heteroatoms. The van der Waals surface area contributed by atoms with E-state index in [0.29, 0.717) is 16.9 Å². The summed E-state index contributed by atoms with van der Waals surface area (Å²) < 4.78 is 4.93. The summed E-state index contributed by atoms with van der Waals surface area (Å²) in [4.78, 5) is 51.3. The number of hydrogen-bond donors (Lipinski definition) is 1. The summed E-state index contributed by atoms with van der Waals surface area (Å²) >= 11 is 0. The van der Waals surface area contributed by atoms with Gasteiger partial charge >= 0.3 is 5.97 Å². The van der Waals surface area contributed by atoms with Gasteiger partial charge in [-0.2, -0.15) is 5.11 Å². The monoisotopic (exact) mass is 449 g/mol. The van der Waals surface area contributed by atoms with E-state index in [4.69, 9.17) is 4.74 Å². The molecule has 2 aromatic rings. The summed E-state index contributed by atoms with van der Waals surface area (Å²) in [5.74, 6) is -1.82. The highest BCUT2D eigenvalue weighted by atomic mass is 16.5. The van der Waals surface area contributed by atoms with Gasteiger partial charge in [-0.3, -0.25) is 19.4 Å². The van der Waals surface area contributed by atoms with Crippen molar-refractivity contribution in [3.8, 4) is 0 Å². The van der Waals surface area contributed by atoms with Gasteiger partial charge < -0.3 is 10.1 Å². The molecular formula is C23H23N5O5. The van der Waals surface area contributed by atoms with E-state index in [1.54, 1.807) is 43.3 Å². The number of carbonyl (C=O) groups excluding carboxylic acids is 4. The Morgan fingerprint density at radius 1 is 1.03 bits per heavy atom. The highest BCUT2D eigenvalue weighted by Crippen LogP contribution is 2.32. The van der Waals surface area contributed by atoms with E-state index in [9.17, 15) is 19.2 Å². The second-order valence-electron chi connectivity index (χ2n) is 7.82. The number of hydrogen-bond acceptors (Lipinski definition) is 8. The fourth-order valence-electron chi connectivity index (χ4n) is 3.72. The van der Waals surface area contributed by atoms with Crippen molar-refractivity contribution in [2.24, 2.45) is 10.3 Å². The van der Waals surface area contributed by atoms with Crippen LogP contribution in [0.15, 0.2) is 52.8 Å². The third kappa shape index (κ3) is 4.19. The minimum Gasteiger partial charge on any atom is -0.462 e. The maximum Gasteiger partial charge on any atom is 0.338 e. The number of amides is 3. The highest BCUT2D eigenvalue weighted by Gasteiger charge is 2.55. The van der Waals surface area contributed by atoms with Gasteiger partial charge in [0.25, 0.3) is 11.8 Å². The van der Waals surface area contributed by atoms with Crippen molar-refractivity contribution in [3.63, 3.8) is 0 Å². The van der Waals surface area contributed by atoms with Crippen molar-refractivity contribution in [2.45, 2.75) is 32.9 Å². The van der Waals surface area contributed by atoms with Crippen LogP contribution in [0.25, 0.3) is 0 Å². The van der Waals surface area contributed by atoms with Crippen LogP contribution in [0, 0.1) is 13.8 Å². The first-order chi connectivity index (χ1) is 15.8. The lowest BCUT2D eigenvalue weighted by molar-refractivity contribution is -0.123. The molecular weight excluding hydrogens is 426 g/mol. The third-order valence-electron chi connectivity index (χ3n) is 5.59. The lowest BCUT2D eigenvalue weighted by Gasteiger charge is -2.20. The molecule has 2 atom stereocenters. The lowest BCUT2D eigenvalue weighted by Crippen LogP contribution is -2.43. The number of nitrogens with one attached hydrogen (secondary N) is 1. The molecule has 2 aliphatic heterocycles. The Bertz CT molecular complexity index is 1160. The average Bonchev–Trinajstić information content (AvgIpc) is 3.30. The largest absolute Gasteiger partial charge is 0.462 e. The predicted octanol–water partition coefficient (Wildman–Crippen LogP) is 2.41. The summed E-state index contributed by atoms with van der Waals surface area (Å²) in [7, 11) is 0. The maximum atomic E-state index is 13.1. The molecule has 1 saturated heterocycles. The van der Waals surface area contributed by atoms with Crippen LogP contribution in [0.3, 0.4) is 0 Å². The smallest absolute Gasteiger partial charge is 0.338 e. The SMILES string of the molecule is CCOC(=O)c1ccc(NC(=O)CN2N=NC3C(=O)N(c4ccc(C)c(C)c4)C(=O)C32)cc1. The normalized spacial score (nSPS) is 19.1. The van der Waals surface area contributed by atoms with Crippen molar-refractivity contribution >= 4 is 35.1 Å². The molecule has 0 radical (unpaired) electrons. The Hall–Kier alpha value is -4.08. The van der Waals surface area contributed by atoms with E-state index >= 15 is 0 Å². The maximum absolute atomic E-state index is 13.1. The average molecular weight is 449 g/mol. The standard InChI is InChI=1S/C23H23N5O5/c1-4-33-23(32)15-6-8-16(9-7-15)24-18(29)12-27-20-19(25-26-27)21(30)28(22(20)31)17-10-5-13(2)14(3)11-17/h5-11,19-20H,4,12H2,1-3H3,(H,24,29). The van der Waals surface area contributed by atoms with Gasteiger partial charge in [0.15, 0.2) is 12.1 Å². The molecule has 33 heavy (non-hydrogen) atoms. The number of imide groups is 1. The number of carbonyl (C=O) groups is 4. The van der Waals surface area contributed by atoms with Crippen LogP contribution >= 0.6 is 0 Å². The van der Waals surface area contributed by atoms with Gasteiger partial charge in [0.2, 0.25) is 5.91 Å². The van der Waals surface area contributed by atoms with Crippen molar-refractivity contribution in [2.75, 3.05) is 23.4 Å². The molecule has 1 N–H and O–H groups in total. The quantitative estimate of drug-likeness (QED) is 0.534. The van der Waals surface area contributed by atoms with Crippen LogP contribution in [0.4, 0.5) is 11.4 Å². The number of fused-ring (bicyclic) bond motifs is 1. The summed E-state index contributed by atoms with van der Waals surface area (Å²) in [6.07, 6.45) is 0. The number of rotatable bonds is 6. The van der Waals surface area contributed by atoms with E-state index in [1.165, 1.54) is 5.01 Å². The molecule has 1 fully saturated rings. The number of ether oxygens (including phenoxy) is 1. The van der Waals surface area contributed by atoms with Crippen LogP contribution in [-0.2, 0) is 19.1 Å². The number of aryl methyl sites for hydroxylation is 2. The molecule has 0 aromatic heterocycles. The minimum absolute atomic E-state index is 0.260. The Morgan fingerprint density at radius 3 is 2.42 bits per heavy atom. The first-order valence-electron chi connectivity index (χ1n) is 10.5. The first-order valence-corrected chi connectivity index (χ1v) is 10.5. The summed E-state index contributed by atoms with van der Waals surface area (Å²) in [5.41, 5.74) is 3.31. The Balaban J connectivity index is 1.42. The number of benzene rings is 2. The molecule has 2 aliphatic rings. The van der Waals surface area contributed by atoms with Gasteiger partial charge in [-0.15, -0.1) is 0 Å². The molecule has 4 rings (SSSR count). The predicted molar refractivity (Wildman–Crippen MR) is 119 cm³/mol. The fourth-order valence-corrected chi connectivity index (χ4v) is 3.72. The number of anilines is 2. The number of nitrogens with zero attached hydrogens (tertiary/aromatic N) is 4. The van der Waals surface area contributed by atoms with E-state index in [2.05, 4.69) is 15.7 Å². The summed E-state index contributed by atoms with van der Waals surface area (Å²) in [6, 6.07) is 9.63. The molecule has 3 amide bonds. The zero-order valence-corrected chi connectivity index (χ0v) is 18.4. The van der Waals surface area contributed by atoms with E-state index in [1.807, 2.05) is 19.9 Å². The van der Waals surface area contributed by atoms with Gasteiger partial charge in [-0.1, -0.05) is 11.3 Å². The second kappa shape index (κ2) is 8.81. The van der Waals surface area contributed by atoms with E-state index in [0.717, 1.165) is 16.0 Å². The van der Waals surface area contributed by atoms with Crippen molar-refractivity contribution in [3.05, 3.63) is 59.2 Å². The Morgan fingerprint density at radius 2 is 1.76 bits per heavy atom. The molecule has 0 aliphatic carbocycles. The van der Waals surface area contributed by atoms with Crippen molar-refractivity contribution in [1.82, 2.24) is 5.01 Å². The fraction of sp³-hybridized carbons (Fsp3) is 0.304. The third-order valence-corrected chi connectivity index (χ3v) is 5.59. The molecule has 2 unspecified atom stereocenters. The van der Waals surface area contributed by atoms with E-state index in [-0.39, 0.29) is 13.2 Å². The Labute approximate surface area is 190 Å². The van der Waals surface area contributed by atoms with Crippen molar-refractivity contribution in [1.29, 1.82) is 0 Å². The molecule has 2 heterocycles. The van der Waals surface area contributed by atoms with E-state index < -0.39 is 35.8 Å². The lowest BCUT2D eigenvalue weighted by atomic mass is 10.1. The summed E-state index contributed by atoms with van der Waals surface area (Å²) in [6.45, 7) is 5.58. The second-order valence-corrected chi connectivity index (χ2v) is 7.82. The number of esters is 1. The molecule has 0 saturated carbocycles. The Kier molecular flexibility index (Phi) is 5.91. The topological polar surface area (TPSA) is 121 Å². The summed E-state index contributed by atoms with van der Waals surface area (Å²) in [5, 5.41) is 11.7. The zero-order chi connectivity index (χ0) is 23.7. The molecule has 0 spiro atoms. The van der Waals surface area contributed by atoms with Gasteiger partial charge in [0, 0.05) is 5.69 Å². The molecule has 2 aromatic carbocycles. The first kappa shape index (κ1) is 22.1. The van der Waals surface area contributed by atoms with Crippen LogP contribution in [0.5, 0.6) is 0 Å². The molecule has 0 bridgehead atoms. The van der Waals surface area contributed by atoms with Crippen LogP contribution in [0.2, 0.25) is 0 Å². The molecule has 10 nitrogen and oxygen atoms in total. The van der Waals surface area contributed by atoms with Crippen LogP contribution in [-0.4, -0.2) is 53.9 Å². The molecule has 170 valence electrons. The van der Waals surface area contributed by atoms with Gasteiger partial charge in [0.05, 0.1) is 17.9 Å². The zero-order valence-electron chi connectivity index (χ0n) is 18.4. The van der Waals surface area contributed by atoms with Gasteiger partial charge in [0.1, 0.15) is 6.54 Å². The van der Waals surface area contributed by atoms with Gasteiger partial charge in [-0.25, -0.2) is 9.69 Å². The van der Waals surface area contributed by atoms with Crippen LogP contribution < -0.4 is 10.2 Å². The van der Waals surface area contributed by atoms with Crippen LogP contribution in [0.1, 0.15) is 28.4 Å². The highest BCUT2D eigenvalue weighted by molar-refractivity contribution is 6.25. The van der Waals surface area contributed by atoms with Crippen molar-refractivity contribution < 1.29 is 23.9 Å². The minimum atomic E-state index is -0.976. The van der Waals surface area contributed by atoms with Gasteiger partial charge in [-0.05, 0) is 68.3 Å².